The number of Topliss-reactive ketones (excluding diaryl/α,β-unsaturated/α-hetero) is 1. The van der Waals surface area contributed by atoms with Crippen LogP contribution in [0, 0.1) is 0 Å². The Morgan fingerprint density at radius 2 is 2.08 bits per heavy atom. The first-order chi connectivity index (χ1) is 11.8. The number of aliphatic hydroxyl groups is 1. The normalized spacial score (nSPS) is 21.0. The van der Waals surface area contributed by atoms with E-state index in [0.29, 0.717) is 31.7 Å². The molecule has 0 unspecified atom stereocenters. The maximum Gasteiger partial charge on any atom is 0.410 e. The summed E-state index contributed by atoms with van der Waals surface area (Å²) in [5, 5.41) is 9.64. The van der Waals surface area contributed by atoms with Gasteiger partial charge < -0.3 is 19.5 Å². The number of hydrogen-bond acceptors (Lipinski definition) is 6. The zero-order valence-electron chi connectivity index (χ0n) is 14.6. The quantitative estimate of drug-likeness (QED) is 0.574. The van der Waals surface area contributed by atoms with E-state index in [0.717, 1.165) is 6.26 Å². The van der Waals surface area contributed by atoms with Crippen molar-refractivity contribution in [1.29, 1.82) is 0 Å². The lowest BCUT2D eigenvalue weighted by Crippen LogP contribution is -2.54. The third-order valence-electron chi connectivity index (χ3n) is 4.38. The number of pyridine rings is 1. The van der Waals surface area contributed by atoms with Crippen LogP contribution in [0.25, 0.3) is 0 Å². The van der Waals surface area contributed by atoms with Crippen LogP contribution >= 0.6 is 0 Å². The number of fused-ring (bicyclic) bond motifs is 1. The Balaban J connectivity index is 1.80. The first-order valence-corrected chi connectivity index (χ1v) is 8.27. The predicted octanol–water partition coefficient (Wildman–Crippen LogP) is 2.87. The third kappa shape index (κ3) is 3.18. The standard InChI is InChI=1S/C18H22N2O5/c1-17(2,3)25-16(23)20-9-6-18(7-10-20)12(11-21)15(22)14-13(24-18)5-4-8-19-14/h4-5,8,11,21H,6-7,9-10H2,1-3H3/b12-11+. The fraction of sp³-hybridized carbons (Fsp3) is 0.500. The number of nitrogens with zero attached hydrogens (tertiary/aromatic N) is 2. The number of aliphatic hydroxyl groups excluding tert-OH is 1. The highest BCUT2D eigenvalue weighted by molar-refractivity contribution is 6.11. The molecule has 2 aliphatic rings. The van der Waals surface area contributed by atoms with E-state index in [2.05, 4.69) is 4.98 Å². The van der Waals surface area contributed by atoms with Gasteiger partial charge in [0.1, 0.15) is 17.0 Å². The monoisotopic (exact) mass is 346 g/mol. The van der Waals surface area contributed by atoms with Crippen LogP contribution in [0.3, 0.4) is 0 Å². The summed E-state index contributed by atoms with van der Waals surface area (Å²) in [5.74, 6) is 0.0684. The Hall–Kier alpha value is -2.57. The highest BCUT2D eigenvalue weighted by atomic mass is 16.6. The second-order valence-electron chi connectivity index (χ2n) is 7.29. The van der Waals surface area contributed by atoms with Crippen molar-refractivity contribution in [3.8, 4) is 5.75 Å². The summed E-state index contributed by atoms with van der Waals surface area (Å²) < 4.78 is 11.5. The van der Waals surface area contributed by atoms with Gasteiger partial charge in [-0.15, -0.1) is 0 Å². The number of ketones is 1. The zero-order valence-corrected chi connectivity index (χ0v) is 14.6. The molecule has 2 aliphatic heterocycles. The van der Waals surface area contributed by atoms with Crippen LogP contribution < -0.4 is 4.74 Å². The molecule has 0 atom stereocenters. The fourth-order valence-electron chi connectivity index (χ4n) is 3.17. The Labute approximate surface area is 146 Å². The number of aromatic nitrogens is 1. The summed E-state index contributed by atoms with van der Waals surface area (Å²) >= 11 is 0. The van der Waals surface area contributed by atoms with Gasteiger partial charge in [-0.3, -0.25) is 4.79 Å². The number of piperidine rings is 1. The molecule has 3 heterocycles. The van der Waals surface area contributed by atoms with Crippen molar-refractivity contribution in [1.82, 2.24) is 9.88 Å². The van der Waals surface area contributed by atoms with Crippen molar-refractivity contribution in [3.05, 3.63) is 35.9 Å². The first-order valence-electron chi connectivity index (χ1n) is 8.27. The Morgan fingerprint density at radius 3 is 2.68 bits per heavy atom. The first kappa shape index (κ1) is 17.3. The van der Waals surface area contributed by atoms with Crippen molar-refractivity contribution in [2.75, 3.05) is 13.1 Å². The number of likely N-dealkylation sites (tertiary alicyclic amines) is 1. The Bertz CT molecular complexity index is 727. The summed E-state index contributed by atoms with van der Waals surface area (Å²) in [5.41, 5.74) is -1.13. The van der Waals surface area contributed by atoms with E-state index in [9.17, 15) is 14.7 Å². The lowest BCUT2D eigenvalue weighted by molar-refractivity contribution is -0.00660. The molecule has 1 fully saturated rings. The average molecular weight is 346 g/mol. The molecule has 25 heavy (non-hydrogen) atoms. The lowest BCUT2D eigenvalue weighted by atomic mass is 9.79. The largest absolute Gasteiger partial charge is 0.515 e. The summed E-state index contributed by atoms with van der Waals surface area (Å²) in [4.78, 5) is 30.5. The number of carbonyl (C=O) groups excluding carboxylic acids is 2. The lowest BCUT2D eigenvalue weighted by Gasteiger charge is -2.44. The van der Waals surface area contributed by atoms with Crippen molar-refractivity contribution < 1.29 is 24.2 Å². The molecule has 1 N–H and O–H groups in total. The van der Waals surface area contributed by atoms with Crippen LogP contribution in [0.5, 0.6) is 5.75 Å². The van der Waals surface area contributed by atoms with Gasteiger partial charge in [-0.2, -0.15) is 0 Å². The van der Waals surface area contributed by atoms with E-state index in [1.54, 1.807) is 17.0 Å². The van der Waals surface area contributed by atoms with E-state index in [1.165, 1.54) is 6.20 Å². The smallest absolute Gasteiger partial charge is 0.410 e. The minimum atomic E-state index is -0.944. The molecule has 0 bridgehead atoms. The highest BCUT2D eigenvalue weighted by Gasteiger charge is 2.49. The van der Waals surface area contributed by atoms with Crippen molar-refractivity contribution in [2.45, 2.75) is 44.8 Å². The predicted molar refractivity (Wildman–Crippen MR) is 89.7 cm³/mol. The van der Waals surface area contributed by atoms with Crippen LogP contribution in [0.4, 0.5) is 4.79 Å². The van der Waals surface area contributed by atoms with Crippen LogP contribution in [-0.2, 0) is 4.74 Å². The molecule has 7 heteroatoms. The Morgan fingerprint density at radius 1 is 1.40 bits per heavy atom. The van der Waals surface area contributed by atoms with Crippen LogP contribution in [0.15, 0.2) is 30.2 Å². The molecule has 1 aromatic rings. The van der Waals surface area contributed by atoms with Crippen LogP contribution in [0.1, 0.15) is 44.1 Å². The minimum absolute atomic E-state index is 0.183. The van der Waals surface area contributed by atoms with Gasteiger partial charge in [0.2, 0.25) is 5.78 Å². The van der Waals surface area contributed by atoms with Gasteiger partial charge in [0.05, 0.1) is 11.8 Å². The van der Waals surface area contributed by atoms with E-state index >= 15 is 0 Å². The van der Waals surface area contributed by atoms with E-state index < -0.39 is 11.2 Å². The van der Waals surface area contributed by atoms with Crippen molar-refractivity contribution >= 4 is 11.9 Å². The minimum Gasteiger partial charge on any atom is -0.515 e. The topological polar surface area (TPSA) is 89.0 Å². The maximum absolute atomic E-state index is 12.6. The molecule has 134 valence electrons. The average Bonchev–Trinajstić information content (AvgIpc) is 2.54. The highest BCUT2D eigenvalue weighted by Crippen LogP contribution is 2.41. The van der Waals surface area contributed by atoms with E-state index in [-0.39, 0.29) is 23.1 Å². The molecule has 1 aromatic heterocycles. The maximum atomic E-state index is 12.6. The van der Waals surface area contributed by atoms with Gasteiger partial charge >= 0.3 is 6.09 Å². The van der Waals surface area contributed by atoms with Gasteiger partial charge in [0.15, 0.2) is 5.69 Å². The molecule has 1 saturated heterocycles. The Kier molecular flexibility index (Phi) is 4.18. The number of amides is 1. The number of rotatable bonds is 0. The van der Waals surface area contributed by atoms with Crippen LogP contribution in [-0.4, -0.2) is 51.2 Å². The zero-order chi connectivity index (χ0) is 18.2. The third-order valence-corrected chi connectivity index (χ3v) is 4.38. The summed E-state index contributed by atoms with van der Waals surface area (Å²) in [7, 11) is 0. The van der Waals surface area contributed by atoms with Gasteiger partial charge in [-0.25, -0.2) is 9.78 Å². The number of hydrogen-bond donors (Lipinski definition) is 1. The van der Waals surface area contributed by atoms with Crippen molar-refractivity contribution in [2.24, 2.45) is 0 Å². The molecule has 1 amide bonds. The van der Waals surface area contributed by atoms with Gasteiger partial charge in [-0.05, 0) is 32.9 Å². The number of ether oxygens (including phenoxy) is 2. The van der Waals surface area contributed by atoms with Gasteiger partial charge in [-0.1, -0.05) is 0 Å². The summed E-state index contributed by atoms with van der Waals surface area (Å²) in [6.45, 7) is 6.19. The van der Waals surface area contributed by atoms with E-state index in [4.69, 9.17) is 9.47 Å². The number of carbonyl (C=O) groups is 2. The molecule has 0 saturated carbocycles. The molecule has 1 spiro atoms. The molecular formula is C18H22N2O5. The second-order valence-corrected chi connectivity index (χ2v) is 7.29. The molecule has 7 nitrogen and oxygen atoms in total. The van der Waals surface area contributed by atoms with Crippen molar-refractivity contribution in [3.63, 3.8) is 0 Å². The van der Waals surface area contributed by atoms with Gasteiger partial charge in [0.25, 0.3) is 0 Å². The van der Waals surface area contributed by atoms with Crippen LogP contribution in [0.2, 0.25) is 0 Å². The van der Waals surface area contributed by atoms with E-state index in [1.807, 2.05) is 20.8 Å². The molecule has 3 rings (SSSR count). The fourth-order valence-corrected chi connectivity index (χ4v) is 3.17. The second kappa shape index (κ2) is 6.06. The van der Waals surface area contributed by atoms with Gasteiger partial charge in [0, 0.05) is 32.1 Å². The summed E-state index contributed by atoms with van der Waals surface area (Å²) in [6.07, 6.45) is 2.71. The summed E-state index contributed by atoms with van der Waals surface area (Å²) in [6, 6.07) is 3.39. The molecule has 0 radical (unpaired) electrons. The molecule has 0 aliphatic carbocycles. The SMILES string of the molecule is CC(C)(C)OC(=O)N1CCC2(CC1)Oc1cccnc1C(=O)/C2=C\O. The molecular weight excluding hydrogens is 324 g/mol. The molecule has 0 aromatic carbocycles.